The average molecular weight is 405 g/mol. The molecular formula is C18H11ClF2N4OS. The number of pyridine rings is 1. The number of benzene rings is 1. The molecular weight excluding hydrogens is 394 g/mol. The third-order valence-corrected chi connectivity index (χ3v) is 5.19. The Morgan fingerprint density at radius 3 is 2.93 bits per heavy atom. The van der Waals surface area contributed by atoms with Crippen molar-refractivity contribution in [2.75, 3.05) is 0 Å². The fourth-order valence-corrected chi connectivity index (χ4v) is 3.70. The fourth-order valence-electron chi connectivity index (χ4n) is 2.62. The van der Waals surface area contributed by atoms with Crippen LogP contribution in [0.1, 0.15) is 15.4 Å². The molecule has 0 bridgehead atoms. The highest BCUT2D eigenvalue weighted by Gasteiger charge is 2.20. The Bertz CT molecular complexity index is 1160. The Kier molecular flexibility index (Phi) is 4.59. The van der Waals surface area contributed by atoms with E-state index in [0.717, 1.165) is 22.9 Å². The lowest BCUT2D eigenvalue weighted by Crippen LogP contribution is -2.23. The van der Waals surface area contributed by atoms with Crippen molar-refractivity contribution in [3.63, 3.8) is 0 Å². The van der Waals surface area contributed by atoms with Gasteiger partial charge in [-0.25, -0.2) is 18.3 Å². The predicted molar refractivity (Wildman–Crippen MR) is 98.8 cm³/mol. The van der Waals surface area contributed by atoms with Crippen molar-refractivity contribution in [1.29, 1.82) is 0 Å². The zero-order valence-electron chi connectivity index (χ0n) is 13.6. The van der Waals surface area contributed by atoms with Crippen molar-refractivity contribution in [2.45, 2.75) is 6.54 Å². The SMILES string of the molecule is O=C(NCc1cccc(F)c1F)c1nc(-c2cnn3ccccc23)c(Cl)s1. The quantitative estimate of drug-likeness (QED) is 0.551. The molecule has 0 spiro atoms. The highest BCUT2D eigenvalue weighted by atomic mass is 35.5. The van der Waals surface area contributed by atoms with Gasteiger partial charge in [0.2, 0.25) is 0 Å². The molecule has 1 aromatic carbocycles. The maximum atomic E-state index is 13.7. The molecule has 0 radical (unpaired) electrons. The van der Waals surface area contributed by atoms with Crippen LogP contribution in [0.3, 0.4) is 0 Å². The van der Waals surface area contributed by atoms with Crippen LogP contribution in [0.15, 0.2) is 48.8 Å². The molecule has 136 valence electrons. The number of carbonyl (C=O) groups excluding carboxylic acids is 1. The highest BCUT2D eigenvalue weighted by molar-refractivity contribution is 7.18. The summed E-state index contributed by atoms with van der Waals surface area (Å²) < 4.78 is 29.0. The minimum atomic E-state index is -0.984. The van der Waals surface area contributed by atoms with E-state index in [2.05, 4.69) is 15.4 Å². The van der Waals surface area contributed by atoms with E-state index in [-0.39, 0.29) is 17.1 Å². The van der Waals surface area contributed by atoms with Crippen LogP contribution in [0.5, 0.6) is 0 Å². The lowest BCUT2D eigenvalue weighted by atomic mass is 10.2. The highest BCUT2D eigenvalue weighted by Crippen LogP contribution is 2.34. The summed E-state index contributed by atoms with van der Waals surface area (Å²) >= 11 is 7.28. The number of amides is 1. The summed E-state index contributed by atoms with van der Waals surface area (Å²) in [6.45, 7) is -0.161. The molecule has 3 heterocycles. The van der Waals surface area contributed by atoms with Crippen LogP contribution >= 0.6 is 22.9 Å². The minimum Gasteiger partial charge on any atom is -0.346 e. The molecule has 0 aliphatic heterocycles. The molecule has 3 aromatic heterocycles. The van der Waals surface area contributed by atoms with Gasteiger partial charge in [-0.3, -0.25) is 4.79 Å². The number of rotatable bonds is 4. The van der Waals surface area contributed by atoms with Crippen molar-refractivity contribution in [3.05, 3.63) is 75.3 Å². The van der Waals surface area contributed by atoms with Gasteiger partial charge in [-0.1, -0.05) is 41.1 Å². The van der Waals surface area contributed by atoms with E-state index in [1.54, 1.807) is 16.9 Å². The Labute approximate surface area is 161 Å². The molecule has 0 aliphatic carbocycles. The number of nitrogens with zero attached hydrogens (tertiary/aromatic N) is 3. The van der Waals surface area contributed by atoms with Gasteiger partial charge in [-0.15, -0.1) is 0 Å². The largest absolute Gasteiger partial charge is 0.346 e. The van der Waals surface area contributed by atoms with Gasteiger partial charge in [0.25, 0.3) is 5.91 Å². The van der Waals surface area contributed by atoms with Crippen molar-refractivity contribution < 1.29 is 13.6 Å². The molecule has 4 aromatic rings. The van der Waals surface area contributed by atoms with Crippen LogP contribution in [-0.2, 0) is 6.54 Å². The Hall–Kier alpha value is -2.84. The average Bonchev–Trinajstić information content (AvgIpc) is 3.26. The van der Waals surface area contributed by atoms with Crippen LogP contribution in [0.4, 0.5) is 8.78 Å². The number of carbonyl (C=O) groups is 1. The summed E-state index contributed by atoms with van der Waals surface area (Å²) in [4.78, 5) is 16.7. The van der Waals surface area contributed by atoms with Crippen molar-refractivity contribution in [3.8, 4) is 11.3 Å². The first-order chi connectivity index (χ1) is 13.0. The summed E-state index contributed by atoms with van der Waals surface area (Å²) in [7, 11) is 0. The minimum absolute atomic E-state index is 0.0499. The maximum Gasteiger partial charge on any atom is 0.280 e. The van der Waals surface area contributed by atoms with Crippen LogP contribution in [0.2, 0.25) is 4.34 Å². The zero-order chi connectivity index (χ0) is 19.0. The summed E-state index contributed by atoms with van der Waals surface area (Å²) in [6.07, 6.45) is 3.42. The summed E-state index contributed by atoms with van der Waals surface area (Å²) in [5.74, 6) is -2.47. The molecule has 0 aliphatic rings. The van der Waals surface area contributed by atoms with Gasteiger partial charge in [0, 0.05) is 23.9 Å². The van der Waals surface area contributed by atoms with Gasteiger partial charge >= 0.3 is 0 Å². The third kappa shape index (κ3) is 3.29. The third-order valence-electron chi connectivity index (χ3n) is 3.93. The van der Waals surface area contributed by atoms with Gasteiger partial charge in [0.15, 0.2) is 16.6 Å². The standard InChI is InChI=1S/C18H11ClF2N4OS/c19-16-15(11-9-23-25-7-2-1-6-13(11)25)24-18(27-16)17(26)22-8-10-4-3-5-12(20)14(10)21/h1-7,9H,8H2,(H,22,26). The second-order valence-electron chi connectivity index (χ2n) is 5.63. The van der Waals surface area contributed by atoms with Gasteiger partial charge in [0.1, 0.15) is 10.0 Å². The summed E-state index contributed by atoms with van der Waals surface area (Å²) in [5, 5.41) is 6.89. The topological polar surface area (TPSA) is 59.3 Å². The van der Waals surface area contributed by atoms with Crippen LogP contribution in [0.25, 0.3) is 16.8 Å². The van der Waals surface area contributed by atoms with Gasteiger partial charge in [0.05, 0.1) is 11.7 Å². The van der Waals surface area contributed by atoms with E-state index in [1.807, 2.05) is 18.2 Å². The lowest BCUT2D eigenvalue weighted by Gasteiger charge is -2.05. The number of aromatic nitrogens is 3. The number of hydrogen-bond acceptors (Lipinski definition) is 4. The van der Waals surface area contributed by atoms with Crippen molar-refractivity contribution in [1.82, 2.24) is 19.9 Å². The Morgan fingerprint density at radius 2 is 2.07 bits per heavy atom. The first-order valence-electron chi connectivity index (χ1n) is 7.85. The molecule has 0 unspecified atom stereocenters. The molecule has 0 atom stereocenters. The summed E-state index contributed by atoms with van der Waals surface area (Å²) in [6, 6.07) is 9.37. The number of halogens is 3. The maximum absolute atomic E-state index is 13.7. The molecule has 9 heteroatoms. The molecule has 0 saturated carbocycles. The number of thiazole rings is 1. The van der Waals surface area contributed by atoms with E-state index in [9.17, 15) is 13.6 Å². The molecule has 5 nitrogen and oxygen atoms in total. The molecule has 27 heavy (non-hydrogen) atoms. The lowest BCUT2D eigenvalue weighted by molar-refractivity contribution is 0.0950. The first-order valence-corrected chi connectivity index (χ1v) is 9.04. The van der Waals surface area contributed by atoms with Crippen molar-refractivity contribution >= 4 is 34.4 Å². The van der Waals surface area contributed by atoms with E-state index in [1.165, 1.54) is 12.1 Å². The predicted octanol–water partition coefficient (Wildman–Crippen LogP) is 4.32. The van der Waals surface area contributed by atoms with Gasteiger partial charge in [-0.05, 0) is 18.2 Å². The molecule has 1 N–H and O–H groups in total. The first kappa shape index (κ1) is 17.6. The van der Waals surface area contributed by atoms with Crippen molar-refractivity contribution in [2.24, 2.45) is 0 Å². The second kappa shape index (κ2) is 7.05. The second-order valence-corrected chi connectivity index (χ2v) is 7.23. The monoisotopic (exact) mass is 404 g/mol. The molecule has 0 fully saturated rings. The van der Waals surface area contributed by atoms with E-state index >= 15 is 0 Å². The molecule has 4 rings (SSSR count). The normalized spacial score (nSPS) is 11.1. The van der Waals surface area contributed by atoms with E-state index < -0.39 is 17.5 Å². The zero-order valence-corrected chi connectivity index (χ0v) is 15.2. The smallest absolute Gasteiger partial charge is 0.280 e. The van der Waals surface area contributed by atoms with Crippen LogP contribution < -0.4 is 5.32 Å². The Balaban J connectivity index is 1.57. The molecule has 0 saturated heterocycles. The summed E-state index contributed by atoms with van der Waals surface area (Å²) in [5.41, 5.74) is 2.00. The Morgan fingerprint density at radius 1 is 1.22 bits per heavy atom. The van der Waals surface area contributed by atoms with E-state index in [4.69, 9.17) is 11.6 Å². The van der Waals surface area contributed by atoms with E-state index in [0.29, 0.717) is 15.6 Å². The molecule has 1 amide bonds. The van der Waals surface area contributed by atoms with Gasteiger partial charge in [-0.2, -0.15) is 5.10 Å². The van der Waals surface area contributed by atoms with Crippen LogP contribution in [0, 0.1) is 11.6 Å². The number of hydrogen-bond donors (Lipinski definition) is 1. The van der Waals surface area contributed by atoms with Crippen LogP contribution in [-0.4, -0.2) is 20.5 Å². The number of nitrogens with one attached hydrogen (secondary N) is 1. The van der Waals surface area contributed by atoms with Gasteiger partial charge < -0.3 is 5.32 Å². The fraction of sp³-hybridized carbons (Fsp3) is 0.0556. The number of fused-ring (bicyclic) bond motifs is 1.